The van der Waals surface area contributed by atoms with Crippen LogP contribution in [0.2, 0.25) is 0 Å². The van der Waals surface area contributed by atoms with Crippen LogP contribution < -0.4 is 5.32 Å². The molecule has 0 aliphatic heterocycles. The van der Waals surface area contributed by atoms with Crippen LogP contribution in [0.4, 0.5) is 0 Å². The van der Waals surface area contributed by atoms with E-state index in [0.29, 0.717) is 18.9 Å². The quantitative estimate of drug-likeness (QED) is 0.732. The van der Waals surface area contributed by atoms with Crippen LogP contribution in [0.3, 0.4) is 0 Å². The maximum absolute atomic E-state index is 11.6. The smallest absolute Gasteiger partial charge is 0.240 e. The van der Waals surface area contributed by atoms with Crippen molar-refractivity contribution in [2.24, 2.45) is 11.3 Å². The fraction of sp³-hybridized carbons (Fsp3) is 0.818. The number of carbonyl (C=O) groups excluding carboxylic acids is 1. The molecule has 3 heteroatoms. The minimum Gasteiger partial charge on any atom is -0.354 e. The number of nitrogens with zero attached hydrogens (tertiary/aromatic N) is 1. The Labute approximate surface area is 86.5 Å². The Hall–Kier alpha value is -1.04. The molecule has 2 atom stereocenters. The Morgan fingerprint density at radius 1 is 1.57 bits per heavy atom. The van der Waals surface area contributed by atoms with Crippen molar-refractivity contribution in [3.05, 3.63) is 0 Å². The molecule has 0 aromatic heterocycles. The monoisotopic (exact) mass is 196 g/mol. The van der Waals surface area contributed by atoms with E-state index >= 15 is 0 Å². The van der Waals surface area contributed by atoms with Crippen molar-refractivity contribution >= 4 is 5.91 Å². The molecule has 0 saturated heterocycles. The van der Waals surface area contributed by atoms with Gasteiger partial charge in [0.05, 0.1) is 6.07 Å². The van der Waals surface area contributed by atoms with Gasteiger partial charge in [-0.3, -0.25) is 4.79 Å². The third-order valence-electron chi connectivity index (χ3n) is 2.76. The van der Waals surface area contributed by atoms with E-state index in [9.17, 15) is 4.79 Å². The first-order valence-electron chi connectivity index (χ1n) is 5.19. The van der Waals surface area contributed by atoms with Crippen LogP contribution in [-0.2, 0) is 4.79 Å². The Kier molecular flexibility index (Phi) is 5.22. The van der Waals surface area contributed by atoms with Crippen molar-refractivity contribution < 1.29 is 4.79 Å². The second kappa shape index (κ2) is 5.64. The van der Waals surface area contributed by atoms with Gasteiger partial charge in [0.2, 0.25) is 5.91 Å². The third kappa shape index (κ3) is 3.37. The molecule has 0 aliphatic rings. The van der Waals surface area contributed by atoms with Crippen LogP contribution in [0.1, 0.15) is 40.5 Å². The molecule has 0 heterocycles. The van der Waals surface area contributed by atoms with Crippen LogP contribution in [0.15, 0.2) is 0 Å². The SMILES string of the molecule is CCC(C)CNC(=O)C(C)(C#N)CC. The largest absolute Gasteiger partial charge is 0.354 e. The highest BCUT2D eigenvalue weighted by Crippen LogP contribution is 2.19. The van der Waals surface area contributed by atoms with Crippen LogP contribution >= 0.6 is 0 Å². The highest BCUT2D eigenvalue weighted by molar-refractivity contribution is 5.84. The number of amides is 1. The third-order valence-corrected chi connectivity index (χ3v) is 2.76. The van der Waals surface area contributed by atoms with Crippen LogP contribution in [0.25, 0.3) is 0 Å². The summed E-state index contributed by atoms with van der Waals surface area (Å²) in [6.07, 6.45) is 1.59. The van der Waals surface area contributed by atoms with Crippen LogP contribution in [0.5, 0.6) is 0 Å². The van der Waals surface area contributed by atoms with Crippen molar-refractivity contribution in [2.45, 2.75) is 40.5 Å². The summed E-state index contributed by atoms with van der Waals surface area (Å²) in [6.45, 7) is 8.35. The lowest BCUT2D eigenvalue weighted by Gasteiger charge is -2.19. The molecular weight excluding hydrogens is 176 g/mol. The topological polar surface area (TPSA) is 52.9 Å². The number of carbonyl (C=O) groups is 1. The molecule has 1 N–H and O–H groups in total. The standard InChI is InChI=1S/C11H20N2O/c1-5-9(3)7-13-10(14)11(4,6-2)8-12/h9H,5-7H2,1-4H3,(H,13,14). The molecule has 0 rings (SSSR count). The van der Waals surface area contributed by atoms with Gasteiger partial charge in [-0.15, -0.1) is 0 Å². The van der Waals surface area contributed by atoms with E-state index in [1.165, 1.54) is 0 Å². The molecule has 0 aromatic rings. The average Bonchev–Trinajstić information content (AvgIpc) is 2.23. The van der Waals surface area contributed by atoms with E-state index in [0.717, 1.165) is 6.42 Å². The molecular formula is C11H20N2O. The second-order valence-corrected chi connectivity index (χ2v) is 4.02. The summed E-state index contributed by atoms with van der Waals surface area (Å²) < 4.78 is 0. The predicted molar refractivity (Wildman–Crippen MR) is 56.5 cm³/mol. The molecule has 0 bridgehead atoms. The minimum atomic E-state index is -0.868. The van der Waals surface area contributed by atoms with Crippen LogP contribution in [0, 0.1) is 22.7 Å². The normalized spacial score (nSPS) is 16.5. The molecule has 1 amide bonds. The summed E-state index contributed by atoms with van der Waals surface area (Å²) in [5, 5.41) is 11.7. The Balaban J connectivity index is 4.15. The number of nitriles is 1. The summed E-state index contributed by atoms with van der Waals surface area (Å²) in [6, 6.07) is 2.06. The highest BCUT2D eigenvalue weighted by Gasteiger charge is 2.30. The Morgan fingerprint density at radius 2 is 2.14 bits per heavy atom. The van der Waals surface area contributed by atoms with Gasteiger partial charge in [0.15, 0.2) is 0 Å². The van der Waals surface area contributed by atoms with Gasteiger partial charge >= 0.3 is 0 Å². The van der Waals surface area contributed by atoms with E-state index in [4.69, 9.17) is 5.26 Å². The lowest BCUT2D eigenvalue weighted by atomic mass is 9.88. The van der Waals surface area contributed by atoms with Gasteiger partial charge in [0.25, 0.3) is 0 Å². The molecule has 0 aromatic carbocycles. The first-order valence-corrected chi connectivity index (χ1v) is 5.19. The number of rotatable bonds is 5. The first-order chi connectivity index (χ1) is 6.50. The van der Waals surface area contributed by atoms with Crippen LogP contribution in [-0.4, -0.2) is 12.5 Å². The minimum absolute atomic E-state index is 0.150. The first kappa shape index (κ1) is 13.0. The molecule has 0 radical (unpaired) electrons. The summed E-state index contributed by atoms with van der Waals surface area (Å²) in [7, 11) is 0. The van der Waals surface area contributed by atoms with E-state index in [1.807, 2.05) is 6.92 Å². The van der Waals surface area contributed by atoms with Gasteiger partial charge in [-0.1, -0.05) is 27.2 Å². The molecule has 3 nitrogen and oxygen atoms in total. The zero-order valence-corrected chi connectivity index (χ0v) is 9.55. The van der Waals surface area contributed by atoms with Crippen molar-refractivity contribution in [3.8, 4) is 6.07 Å². The molecule has 2 unspecified atom stereocenters. The summed E-state index contributed by atoms with van der Waals surface area (Å²) in [5.74, 6) is 0.321. The van der Waals surface area contributed by atoms with Gasteiger partial charge in [-0.2, -0.15) is 5.26 Å². The highest BCUT2D eigenvalue weighted by atomic mass is 16.2. The number of hydrogen-bond donors (Lipinski definition) is 1. The van der Waals surface area contributed by atoms with Gasteiger partial charge < -0.3 is 5.32 Å². The summed E-state index contributed by atoms with van der Waals surface area (Å²) in [5.41, 5.74) is -0.868. The zero-order chi connectivity index (χ0) is 11.2. The van der Waals surface area contributed by atoms with E-state index in [-0.39, 0.29) is 5.91 Å². The molecule has 80 valence electrons. The number of nitrogens with one attached hydrogen (secondary N) is 1. The average molecular weight is 196 g/mol. The summed E-state index contributed by atoms with van der Waals surface area (Å²) in [4.78, 5) is 11.6. The van der Waals surface area contributed by atoms with E-state index < -0.39 is 5.41 Å². The molecule has 14 heavy (non-hydrogen) atoms. The maximum Gasteiger partial charge on any atom is 0.240 e. The van der Waals surface area contributed by atoms with Gasteiger partial charge in [0, 0.05) is 6.54 Å². The maximum atomic E-state index is 11.6. The lowest BCUT2D eigenvalue weighted by molar-refractivity contribution is -0.127. The molecule has 0 spiro atoms. The number of hydrogen-bond acceptors (Lipinski definition) is 2. The fourth-order valence-corrected chi connectivity index (χ4v) is 0.897. The zero-order valence-electron chi connectivity index (χ0n) is 9.55. The van der Waals surface area contributed by atoms with Gasteiger partial charge in [0.1, 0.15) is 5.41 Å². The fourth-order valence-electron chi connectivity index (χ4n) is 0.897. The van der Waals surface area contributed by atoms with Crippen molar-refractivity contribution in [2.75, 3.05) is 6.54 Å². The molecule has 0 saturated carbocycles. The lowest BCUT2D eigenvalue weighted by Crippen LogP contribution is -2.39. The molecule has 0 aliphatic carbocycles. The van der Waals surface area contributed by atoms with E-state index in [2.05, 4.69) is 25.2 Å². The predicted octanol–water partition coefficient (Wildman–Crippen LogP) is 2.09. The second-order valence-electron chi connectivity index (χ2n) is 4.02. The molecule has 0 fully saturated rings. The van der Waals surface area contributed by atoms with Crippen molar-refractivity contribution in [1.29, 1.82) is 5.26 Å². The van der Waals surface area contributed by atoms with Crippen molar-refractivity contribution in [1.82, 2.24) is 5.32 Å². The Bertz CT molecular complexity index is 232. The van der Waals surface area contributed by atoms with Gasteiger partial charge in [-0.25, -0.2) is 0 Å². The van der Waals surface area contributed by atoms with Gasteiger partial charge in [-0.05, 0) is 19.3 Å². The van der Waals surface area contributed by atoms with Crippen molar-refractivity contribution in [3.63, 3.8) is 0 Å². The van der Waals surface area contributed by atoms with E-state index in [1.54, 1.807) is 6.92 Å². The summed E-state index contributed by atoms with van der Waals surface area (Å²) >= 11 is 0. The Morgan fingerprint density at radius 3 is 2.50 bits per heavy atom.